The molecule has 10 heteroatoms. The third-order valence-electron chi connectivity index (χ3n) is 6.65. The van der Waals surface area contributed by atoms with Crippen LogP contribution in [0.25, 0.3) is 10.9 Å². The van der Waals surface area contributed by atoms with Gasteiger partial charge in [-0.1, -0.05) is 30.3 Å². The van der Waals surface area contributed by atoms with Crippen molar-refractivity contribution in [3.05, 3.63) is 94.5 Å². The number of amides is 2. The van der Waals surface area contributed by atoms with Gasteiger partial charge in [0.15, 0.2) is 5.88 Å². The molecule has 0 saturated carbocycles. The number of fused-ring (bicyclic) bond motifs is 1. The fraction of sp³-hybridized carbons (Fsp3) is 0.226. The lowest BCUT2D eigenvalue weighted by atomic mass is 9.98. The Morgan fingerprint density at radius 1 is 1.02 bits per heavy atom. The number of aryl methyl sites for hydroxylation is 1. The van der Waals surface area contributed by atoms with Crippen LogP contribution in [0.5, 0.6) is 5.88 Å². The second-order valence-corrected chi connectivity index (χ2v) is 9.59. The number of hydrogen-bond donors (Lipinski definition) is 4. The Balaban J connectivity index is 1.62. The standard InChI is InChI=1S/C31H33N5O5/c1-19-16-24-25(17-23(19)31(40)41-4)35-30(39)27(24)28(20-8-6-5-7-9-20)34-22-12-10-21(11-13-22)29(38)33-14-15-36(3)18-26(37)32-2/h5-13,16-17,35,39H,14-15,18H2,1-4H3,(H,32,37)(H,33,38). The number of methoxy groups -OCH3 is 1. The van der Waals surface area contributed by atoms with E-state index in [1.165, 1.54) is 7.11 Å². The number of hydrogen-bond acceptors (Lipinski definition) is 7. The maximum absolute atomic E-state index is 12.7. The molecule has 0 aliphatic heterocycles. The van der Waals surface area contributed by atoms with Crippen LogP contribution in [0.15, 0.2) is 71.7 Å². The molecule has 4 N–H and O–H groups in total. The zero-order valence-corrected chi connectivity index (χ0v) is 23.4. The summed E-state index contributed by atoms with van der Waals surface area (Å²) in [7, 11) is 4.72. The van der Waals surface area contributed by atoms with Crippen molar-refractivity contribution >= 4 is 40.1 Å². The molecule has 0 fully saturated rings. The predicted molar refractivity (Wildman–Crippen MR) is 158 cm³/mol. The van der Waals surface area contributed by atoms with E-state index in [-0.39, 0.29) is 24.2 Å². The Labute approximate surface area is 238 Å². The number of aromatic nitrogens is 1. The molecule has 0 bridgehead atoms. The van der Waals surface area contributed by atoms with Crippen LogP contribution in [0.2, 0.25) is 0 Å². The normalized spacial score (nSPS) is 11.5. The molecule has 10 nitrogen and oxygen atoms in total. The molecular weight excluding hydrogens is 522 g/mol. The van der Waals surface area contributed by atoms with Crippen molar-refractivity contribution in [3.8, 4) is 5.88 Å². The summed E-state index contributed by atoms with van der Waals surface area (Å²) in [4.78, 5) is 46.0. The van der Waals surface area contributed by atoms with Gasteiger partial charge in [0.05, 0.1) is 36.2 Å². The van der Waals surface area contributed by atoms with Gasteiger partial charge >= 0.3 is 5.97 Å². The Morgan fingerprint density at radius 3 is 2.39 bits per heavy atom. The molecule has 0 aliphatic rings. The number of rotatable bonds is 10. The SMILES string of the molecule is CNC(=O)CN(C)CCNC(=O)c1ccc(N=C(c2ccccc2)c2c(O)[nH]c3cc(C(=O)OC)c(C)cc23)cc1. The molecule has 0 saturated heterocycles. The van der Waals surface area contributed by atoms with E-state index in [4.69, 9.17) is 9.73 Å². The minimum Gasteiger partial charge on any atom is -0.494 e. The van der Waals surface area contributed by atoms with Crippen molar-refractivity contribution in [3.63, 3.8) is 0 Å². The van der Waals surface area contributed by atoms with Gasteiger partial charge in [-0.2, -0.15) is 0 Å². The van der Waals surface area contributed by atoms with Crippen LogP contribution in [0.3, 0.4) is 0 Å². The molecular formula is C31H33N5O5. The summed E-state index contributed by atoms with van der Waals surface area (Å²) in [5.41, 5.74) is 4.53. The highest BCUT2D eigenvalue weighted by molar-refractivity contribution is 6.22. The molecule has 0 radical (unpaired) electrons. The lowest BCUT2D eigenvalue weighted by Crippen LogP contribution is -2.38. The number of likely N-dealkylation sites (N-methyl/N-ethyl adjacent to an activating group) is 2. The first kappa shape index (κ1) is 29.0. The number of aromatic hydroxyl groups is 1. The van der Waals surface area contributed by atoms with Gasteiger partial charge in [-0.3, -0.25) is 14.5 Å². The average molecular weight is 556 g/mol. The van der Waals surface area contributed by atoms with Gasteiger partial charge in [0.2, 0.25) is 5.91 Å². The zero-order chi connectivity index (χ0) is 29.5. The molecule has 0 spiro atoms. The third kappa shape index (κ3) is 6.79. The molecule has 0 unspecified atom stereocenters. The highest BCUT2D eigenvalue weighted by atomic mass is 16.5. The topological polar surface area (TPSA) is 136 Å². The summed E-state index contributed by atoms with van der Waals surface area (Å²) in [6.45, 7) is 2.97. The van der Waals surface area contributed by atoms with E-state index in [1.807, 2.05) is 55.3 Å². The number of carbonyl (C=O) groups is 3. The Morgan fingerprint density at radius 2 is 1.73 bits per heavy atom. The first-order chi connectivity index (χ1) is 19.7. The fourth-order valence-corrected chi connectivity index (χ4v) is 4.45. The molecule has 1 heterocycles. The van der Waals surface area contributed by atoms with Crippen LogP contribution >= 0.6 is 0 Å². The highest BCUT2D eigenvalue weighted by Crippen LogP contribution is 2.33. The van der Waals surface area contributed by atoms with Crippen molar-refractivity contribution in [1.29, 1.82) is 0 Å². The molecule has 0 atom stereocenters. The van der Waals surface area contributed by atoms with Crippen LogP contribution < -0.4 is 10.6 Å². The summed E-state index contributed by atoms with van der Waals surface area (Å²) in [6, 6.07) is 19.8. The maximum atomic E-state index is 12.7. The molecule has 0 aliphatic carbocycles. The Kier molecular flexibility index (Phi) is 9.15. The number of aromatic amines is 1. The number of aliphatic imine (C=N–C) groups is 1. The van der Waals surface area contributed by atoms with Crippen molar-refractivity contribution < 1.29 is 24.2 Å². The number of esters is 1. The van der Waals surface area contributed by atoms with Crippen molar-refractivity contribution in [1.82, 2.24) is 20.5 Å². The monoisotopic (exact) mass is 555 g/mol. The van der Waals surface area contributed by atoms with Gasteiger partial charge in [0, 0.05) is 42.2 Å². The van der Waals surface area contributed by atoms with Gasteiger partial charge in [-0.05, 0) is 55.9 Å². The minimum absolute atomic E-state index is 0.0820. The first-order valence-electron chi connectivity index (χ1n) is 13.1. The van der Waals surface area contributed by atoms with E-state index >= 15 is 0 Å². The van der Waals surface area contributed by atoms with E-state index in [1.54, 1.807) is 37.4 Å². The largest absolute Gasteiger partial charge is 0.494 e. The average Bonchev–Trinajstić information content (AvgIpc) is 3.29. The van der Waals surface area contributed by atoms with Crippen molar-refractivity contribution in [2.45, 2.75) is 6.92 Å². The summed E-state index contributed by atoms with van der Waals surface area (Å²) in [5.74, 6) is -0.867. The zero-order valence-electron chi connectivity index (χ0n) is 23.4. The van der Waals surface area contributed by atoms with Crippen molar-refractivity contribution in [2.24, 2.45) is 4.99 Å². The highest BCUT2D eigenvalue weighted by Gasteiger charge is 2.21. The van der Waals surface area contributed by atoms with Gasteiger partial charge in [-0.15, -0.1) is 0 Å². The number of nitrogens with zero attached hydrogens (tertiary/aromatic N) is 2. The molecule has 212 valence electrons. The first-order valence-corrected chi connectivity index (χ1v) is 13.1. The number of ether oxygens (including phenoxy) is 1. The van der Waals surface area contributed by atoms with E-state index in [9.17, 15) is 19.5 Å². The maximum Gasteiger partial charge on any atom is 0.338 e. The lowest BCUT2D eigenvalue weighted by Gasteiger charge is -2.15. The van der Waals surface area contributed by atoms with Crippen LogP contribution in [-0.2, 0) is 9.53 Å². The van der Waals surface area contributed by atoms with E-state index < -0.39 is 5.97 Å². The van der Waals surface area contributed by atoms with E-state index in [0.29, 0.717) is 57.6 Å². The van der Waals surface area contributed by atoms with Crippen molar-refractivity contribution in [2.75, 3.05) is 40.8 Å². The van der Waals surface area contributed by atoms with Crippen LogP contribution in [-0.4, -0.2) is 79.3 Å². The smallest absolute Gasteiger partial charge is 0.338 e. The predicted octanol–water partition coefficient (Wildman–Crippen LogP) is 3.55. The number of H-pyrrole nitrogens is 1. The van der Waals surface area contributed by atoms with Gasteiger partial charge in [0.25, 0.3) is 5.91 Å². The summed E-state index contributed by atoms with van der Waals surface area (Å²) >= 11 is 0. The van der Waals surface area contributed by atoms with Crippen LogP contribution in [0, 0.1) is 6.92 Å². The number of benzene rings is 3. The summed E-state index contributed by atoms with van der Waals surface area (Å²) in [6.07, 6.45) is 0. The Bertz CT molecular complexity index is 1590. The Hall–Kier alpha value is -4.96. The summed E-state index contributed by atoms with van der Waals surface area (Å²) < 4.78 is 4.89. The molecule has 1 aromatic heterocycles. The van der Waals surface area contributed by atoms with Crippen LogP contribution in [0.4, 0.5) is 5.69 Å². The van der Waals surface area contributed by atoms with E-state index in [2.05, 4.69) is 15.6 Å². The van der Waals surface area contributed by atoms with Gasteiger partial charge in [0.1, 0.15) is 0 Å². The van der Waals surface area contributed by atoms with E-state index in [0.717, 1.165) is 5.56 Å². The fourth-order valence-electron chi connectivity index (χ4n) is 4.45. The lowest BCUT2D eigenvalue weighted by molar-refractivity contribution is -0.121. The molecule has 2 amide bonds. The number of carbonyl (C=O) groups excluding carboxylic acids is 3. The molecule has 41 heavy (non-hydrogen) atoms. The third-order valence-corrected chi connectivity index (χ3v) is 6.65. The molecule has 4 aromatic rings. The molecule has 4 rings (SSSR count). The minimum atomic E-state index is -0.461. The quantitative estimate of drug-likeness (QED) is 0.175. The van der Waals surface area contributed by atoms with Gasteiger partial charge in [-0.25, -0.2) is 9.79 Å². The second kappa shape index (κ2) is 12.9. The number of nitrogens with one attached hydrogen (secondary N) is 3. The van der Waals surface area contributed by atoms with Crippen LogP contribution in [0.1, 0.15) is 37.4 Å². The molecule has 3 aromatic carbocycles. The second-order valence-electron chi connectivity index (χ2n) is 9.59. The summed E-state index contributed by atoms with van der Waals surface area (Å²) in [5, 5.41) is 17.1. The van der Waals surface area contributed by atoms with Gasteiger partial charge < -0.3 is 25.5 Å².